The topological polar surface area (TPSA) is 74.2 Å². The maximum atomic E-state index is 6.00. The van der Waals surface area contributed by atoms with Crippen LogP contribution >= 0.6 is 0 Å². The Morgan fingerprint density at radius 2 is 1.90 bits per heavy atom. The van der Waals surface area contributed by atoms with Crippen LogP contribution in [0.15, 0.2) is 47.0 Å². The molecule has 0 saturated heterocycles. The van der Waals surface area contributed by atoms with Gasteiger partial charge in [-0.1, -0.05) is 29.4 Å². The van der Waals surface area contributed by atoms with Crippen LogP contribution in [-0.2, 0) is 0 Å². The molecule has 0 spiro atoms. The van der Waals surface area contributed by atoms with Crippen molar-refractivity contribution >= 4 is 5.69 Å². The van der Waals surface area contributed by atoms with Gasteiger partial charge in [0.1, 0.15) is 5.75 Å². The zero-order valence-corrected chi connectivity index (χ0v) is 11.8. The Balaban J connectivity index is 2.09. The lowest BCUT2D eigenvalue weighted by atomic mass is 10.1. The maximum Gasteiger partial charge on any atom is 0.260 e. The molecular formula is C16H15N3O2. The number of aromatic nitrogens is 2. The normalized spacial score (nSPS) is 10.6. The summed E-state index contributed by atoms with van der Waals surface area (Å²) in [7, 11) is 1.61. The summed E-state index contributed by atoms with van der Waals surface area (Å²) in [5, 5.41) is 4.03. The molecule has 3 rings (SSSR count). The average Bonchev–Trinajstić information content (AvgIpc) is 2.96. The SMILES string of the molecule is COc1ccccc1-c1noc(-c2c(C)cccc2N)n1. The summed E-state index contributed by atoms with van der Waals surface area (Å²) in [5.74, 6) is 1.58. The second-order valence-corrected chi connectivity index (χ2v) is 4.66. The minimum absolute atomic E-state index is 0.409. The summed E-state index contributed by atoms with van der Waals surface area (Å²) < 4.78 is 10.7. The first-order chi connectivity index (χ1) is 10.2. The van der Waals surface area contributed by atoms with Gasteiger partial charge in [0.25, 0.3) is 5.89 Å². The molecule has 106 valence electrons. The van der Waals surface area contributed by atoms with Gasteiger partial charge in [-0.15, -0.1) is 0 Å². The number of hydrogen-bond donors (Lipinski definition) is 1. The Kier molecular flexibility index (Phi) is 3.31. The molecule has 21 heavy (non-hydrogen) atoms. The van der Waals surface area contributed by atoms with E-state index in [4.69, 9.17) is 15.0 Å². The van der Waals surface area contributed by atoms with Gasteiger partial charge in [0.2, 0.25) is 5.82 Å². The third-order valence-electron chi connectivity index (χ3n) is 3.29. The number of rotatable bonds is 3. The van der Waals surface area contributed by atoms with Crippen LogP contribution in [0.4, 0.5) is 5.69 Å². The standard InChI is InChI=1S/C16H15N3O2/c1-10-6-5-8-12(17)14(10)16-18-15(19-21-16)11-7-3-4-9-13(11)20-2/h3-9H,17H2,1-2H3. The number of ether oxygens (including phenoxy) is 1. The predicted octanol–water partition coefficient (Wildman–Crippen LogP) is 3.30. The van der Waals surface area contributed by atoms with Crippen molar-refractivity contribution in [2.45, 2.75) is 6.92 Å². The molecule has 1 aromatic heterocycles. The highest BCUT2D eigenvalue weighted by molar-refractivity contribution is 5.75. The third kappa shape index (κ3) is 2.33. The van der Waals surface area contributed by atoms with Crippen LogP contribution in [0.2, 0.25) is 0 Å². The quantitative estimate of drug-likeness (QED) is 0.745. The van der Waals surface area contributed by atoms with E-state index in [-0.39, 0.29) is 0 Å². The number of nitrogens with zero attached hydrogens (tertiary/aromatic N) is 2. The molecule has 0 bridgehead atoms. The lowest BCUT2D eigenvalue weighted by Gasteiger charge is -2.04. The smallest absolute Gasteiger partial charge is 0.260 e. The van der Waals surface area contributed by atoms with Gasteiger partial charge < -0.3 is 15.0 Å². The van der Waals surface area contributed by atoms with Crippen molar-refractivity contribution in [1.82, 2.24) is 10.1 Å². The van der Waals surface area contributed by atoms with Crippen LogP contribution in [0, 0.1) is 6.92 Å². The Hall–Kier alpha value is -2.82. The summed E-state index contributed by atoms with van der Waals surface area (Å²) in [6.07, 6.45) is 0. The number of para-hydroxylation sites is 1. The monoisotopic (exact) mass is 281 g/mol. The second-order valence-electron chi connectivity index (χ2n) is 4.66. The van der Waals surface area contributed by atoms with E-state index in [2.05, 4.69) is 10.1 Å². The molecule has 0 amide bonds. The fourth-order valence-electron chi connectivity index (χ4n) is 2.25. The fraction of sp³-hybridized carbons (Fsp3) is 0.125. The number of benzene rings is 2. The molecule has 0 aliphatic heterocycles. The molecule has 0 unspecified atom stereocenters. The molecule has 0 fully saturated rings. The van der Waals surface area contributed by atoms with Crippen molar-refractivity contribution in [3.8, 4) is 28.6 Å². The van der Waals surface area contributed by atoms with Gasteiger partial charge >= 0.3 is 0 Å². The Bertz CT molecular complexity index is 760. The van der Waals surface area contributed by atoms with Crippen molar-refractivity contribution in [3.05, 3.63) is 48.0 Å². The molecule has 5 heteroatoms. The Morgan fingerprint density at radius 1 is 1.10 bits per heavy atom. The first-order valence-electron chi connectivity index (χ1n) is 6.53. The summed E-state index contributed by atoms with van der Waals surface area (Å²) in [6, 6.07) is 13.2. The van der Waals surface area contributed by atoms with E-state index >= 15 is 0 Å². The number of anilines is 1. The van der Waals surface area contributed by atoms with E-state index in [1.807, 2.05) is 49.4 Å². The zero-order chi connectivity index (χ0) is 14.8. The number of aryl methyl sites for hydroxylation is 1. The highest BCUT2D eigenvalue weighted by Crippen LogP contribution is 2.32. The van der Waals surface area contributed by atoms with Gasteiger partial charge in [0.05, 0.1) is 18.2 Å². The summed E-state index contributed by atoms with van der Waals surface area (Å²) >= 11 is 0. The molecule has 0 radical (unpaired) electrons. The molecule has 1 heterocycles. The molecule has 3 aromatic rings. The van der Waals surface area contributed by atoms with Crippen LogP contribution in [0.25, 0.3) is 22.8 Å². The highest BCUT2D eigenvalue weighted by atomic mass is 16.5. The van der Waals surface area contributed by atoms with Crippen molar-refractivity contribution < 1.29 is 9.26 Å². The Morgan fingerprint density at radius 3 is 2.67 bits per heavy atom. The van der Waals surface area contributed by atoms with Gasteiger partial charge in [0.15, 0.2) is 0 Å². The number of nitrogen functional groups attached to an aromatic ring is 1. The molecular weight excluding hydrogens is 266 g/mol. The minimum atomic E-state index is 0.409. The van der Waals surface area contributed by atoms with Crippen molar-refractivity contribution in [1.29, 1.82) is 0 Å². The largest absolute Gasteiger partial charge is 0.496 e. The molecule has 0 atom stereocenters. The predicted molar refractivity (Wildman–Crippen MR) is 80.9 cm³/mol. The first kappa shape index (κ1) is 13.2. The van der Waals surface area contributed by atoms with E-state index in [1.165, 1.54) is 0 Å². The lowest BCUT2D eigenvalue weighted by Crippen LogP contribution is -1.93. The molecule has 0 aliphatic rings. The van der Waals surface area contributed by atoms with Crippen molar-refractivity contribution in [3.63, 3.8) is 0 Å². The van der Waals surface area contributed by atoms with Gasteiger partial charge in [-0.3, -0.25) is 0 Å². The molecule has 5 nitrogen and oxygen atoms in total. The number of hydrogen-bond acceptors (Lipinski definition) is 5. The Labute approximate surface area is 122 Å². The summed E-state index contributed by atoms with van der Waals surface area (Å²) in [4.78, 5) is 4.44. The van der Waals surface area contributed by atoms with Crippen molar-refractivity contribution in [2.24, 2.45) is 0 Å². The summed E-state index contributed by atoms with van der Waals surface area (Å²) in [5.41, 5.74) is 9.16. The van der Waals surface area contributed by atoms with E-state index < -0.39 is 0 Å². The van der Waals surface area contributed by atoms with Gasteiger partial charge in [-0.25, -0.2) is 0 Å². The highest BCUT2D eigenvalue weighted by Gasteiger charge is 2.17. The number of nitrogens with two attached hydrogens (primary N) is 1. The molecule has 0 saturated carbocycles. The molecule has 2 N–H and O–H groups in total. The lowest BCUT2D eigenvalue weighted by molar-refractivity contribution is 0.413. The third-order valence-corrected chi connectivity index (χ3v) is 3.29. The van der Waals surface area contributed by atoms with Gasteiger partial charge in [-0.2, -0.15) is 4.98 Å². The van der Waals surface area contributed by atoms with E-state index in [0.717, 1.165) is 16.7 Å². The van der Waals surface area contributed by atoms with Crippen molar-refractivity contribution in [2.75, 3.05) is 12.8 Å². The second kappa shape index (κ2) is 5.28. The van der Waals surface area contributed by atoms with E-state index in [9.17, 15) is 0 Å². The summed E-state index contributed by atoms with van der Waals surface area (Å²) in [6.45, 7) is 1.96. The zero-order valence-electron chi connectivity index (χ0n) is 11.8. The van der Waals surface area contributed by atoms with E-state index in [0.29, 0.717) is 23.2 Å². The minimum Gasteiger partial charge on any atom is -0.496 e. The van der Waals surface area contributed by atoms with Crippen LogP contribution < -0.4 is 10.5 Å². The number of methoxy groups -OCH3 is 1. The molecule has 0 aliphatic carbocycles. The van der Waals surface area contributed by atoms with Crippen LogP contribution in [-0.4, -0.2) is 17.3 Å². The van der Waals surface area contributed by atoms with E-state index in [1.54, 1.807) is 7.11 Å². The average molecular weight is 281 g/mol. The van der Waals surface area contributed by atoms with Crippen LogP contribution in [0.1, 0.15) is 5.56 Å². The fourth-order valence-corrected chi connectivity index (χ4v) is 2.25. The van der Waals surface area contributed by atoms with Crippen LogP contribution in [0.5, 0.6) is 5.75 Å². The van der Waals surface area contributed by atoms with Gasteiger partial charge in [-0.05, 0) is 30.7 Å². The molecule has 2 aromatic carbocycles. The van der Waals surface area contributed by atoms with Crippen LogP contribution in [0.3, 0.4) is 0 Å². The first-order valence-corrected chi connectivity index (χ1v) is 6.53. The maximum absolute atomic E-state index is 6.00. The van der Waals surface area contributed by atoms with Gasteiger partial charge in [0, 0.05) is 5.69 Å².